The number of alkyl halides is 1. The third kappa shape index (κ3) is 3.04. The monoisotopic (exact) mass is 283 g/mol. The Morgan fingerprint density at radius 3 is 2.56 bits per heavy atom. The first-order valence-electron chi connectivity index (χ1n) is 6.68. The van der Waals surface area contributed by atoms with Crippen molar-refractivity contribution >= 4 is 24.2 Å². The highest BCUT2D eigenvalue weighted by molar-refractivity contribution is 7.80. The number of piperidine rings is 1. The fourth-order valence-electron chi connectivity index (χ4n) is 2.95. The Balaban J connectivity index is 2.08. The summed E-state index contributed by atoms with van der Waals surface area (Å²) in [6.45, 7) is 5.54. The average molecular weight is 284 g/mol. The van der Waals surface area contributed by atoms with Crippen LogP contribution in [0.4, 0.5) is 0 Å². The zero-order chi connectivity index (χ0) is 13.1. The zero-order valence-corrected chi connectivity index (χ0v) is 12.7. The average Bonchev–Trinajstić information content (AvgIpc) is 2.40. The maximum absolute atomic E-state index is 6.57. The van der Waals surface area contributed by atoms with E-state index in [0.29, 0.717) is 18.0 Å². The van der Waals surface area contributed by atoms with Crippen molar-refractivity contribution in [3.63, 3.8) is 0 Å². The molecule has 0 spiro atoms. The number of benzene rings is 1. The van der Waals surface area contributed by atoms with Gasteiger partial charge in [-0.25, -0.2) is 0 Å². The summed E-state index contributed by atoms with van der Waals surface area (Å²) in [6.07, 6.45) is 1.15. The Hall–Kier alpha value is -0.180. The molecule has 0 saturated carbocycles. The largest absolute Gasteiger partial charge is 0.292 e. The summed E-state index contributed by atoms with van der Waals surface area (Å²) in [5, 5.41) is 0.211. The molecule has 0 N–H and O–H groups in total. The minimum Gasteiger partial charge on any atom is -0.292 e. The molecular formula is C15H22ClNS. The van der Waals surface area contributed by atoms with Crippen molar-refractivity contribution < 1.29 is 0 Å². The van der Waals surface area contributed by atoms with Gasteiger partial charge in [0, 0.05) is 18.6 Å². The lowest BCUT2D eigenvalue weighted by atomic mass is 9.87. The Labute approximate surface area is 121 Å². The molecular weight excluding hydrogens is 262 g/mol. The van der Waals surface area contributed by atoms with Crippen molar-refractivity contribution in [3.8, 4) is 0 Å². The number of halogens is 1. The van der Waals surface area contributed by atoms with Crippen LogP contribution in [-0.2, 0) is 6.54 Å². The summed E-state index contributed by atoms with van der Waals surface area (Å²) in [5.41, 5.74) is 1.37. The molecule has 4 atom stereocenters. The van der Waals surface area contributed by atoms with Gasteiger partial charge in [0.05, 0.1) is 5.38 Å². The molecule has 0 radical (unpaired) electrons. The van der Waals surface area contributed by atoms with Crippen LogP contribution in [0.15, 0.2) is 30.3 Å². The van der Waals surface area contributed by atoms with Gasteiger partial charge in [0.1, 0.15) is 0 Å². The maximum atomic E-state index is 6.57. The molecule has 2 rings (SSSR count). The van der Waals surface area contributed by atoms with Gasteiger partial charge < -0.3 is 0 Å². The molecule has 1 aliphatic rings. The Morgan fingerprint density at radius 2 is 1.94 bits per heavy atom. The molecule has 4 unspecified atom stereocenters. The summed E-state index contributed by atoms with van der Waals surface area (Å²) >= 11 is 11.0. The van der Waals surface area contributed by atoms with E-state index in [-0.39, 0.29) is 5.38 Å². The number of hydrogen-bond donors (Lipinski definition) is 1. The normalized spacial score (nSPS) is 33.6. The first-order valence-corrected chi connectivity index (χ1v) is 7.75. The Morgan fingerprint density at radius 1 is 1.28 bits per heavy atom. The molecule has 1 aliphatic heterocycles. The molecule has 3 heteroatoms. The van der Waals surface area contributed by atoms with Crippen LogP contribution in [0.3, 0.4) is 0 Å². The molecule has 0 bridgehead atoms. The fourth-order valence-corrected chi connectivity index (χ4v) is 3.79. The summed E-state index contributed by atoms with van der Waals surface area (Å²) in [7, 11) is 0. The topological polar surface area (TPSA) is 3.24 Å². The molecule has 100 valence electrons. The van der Waals surface area contributed by atoms with Crippen LogP contribution in [0.25, 0.3) is 0 Å². The van der Waals surface area contributed by atoms with Crippen LogP contribution >= 0.6 is 24.2 Å². The van der Waals surface area contributed by atoms with E-state index in [1.54, 1.807) is 0 Å². The van der Waals surface area contributed by atoms with Crippen molar-refractivity contribution in [1.82, 2.24) is 4.90 Å². The van der Waals surface area contributed by atoms with Gasteiger partial charge in [0.2, 0.25) is 0 Å². The van der Waals surface area contributed by atoms with E-state index in [0.717, 1.165) is 18.7 Å². The van der Waals surface area contributed by atoms with Crippen molar-refractivity contribution in [3.05, 3.63) is 35.9 Å². The SMILES string of the molecule is CC1CC(CS)C(Cl)C(C)N1Cc1ccccc1. The summed E-state index contributed by atoms with van der Waals surface area (Å²) < 4.78 is 0. The van der Waals surface area contributed by atoms with Gasteiger partial charge in [-0.1, -0.05) is 30.3 Å². The Kier molecular flexibility index (Phi) is 4.99. The molecule has 1 aromatic rings. The van der Waals surface area contributed by atoms with E-state index in [4.69, 9.17) is 11.6 Å². The number of hydrogen-bond acceptors (Lipinski definition) is 2. The smallest absolute Gasteiger partial charge is 0.0525 e. The molecule has 1 heterocycles. The van der Waals surface area contributed by atoms with E-state index in [1.165, 1.54) is 5.56 Å². The van der Waals surface area contributed by atoms with E-state index in [9.17, 15) is 0 Å². The van der Waals surface area contributed by atoms with Crippen LogP contribution in [0.2, 0.25) is 0 Å². The summed E-state index contributed by atoms with van der Waals surface area (Å²) in [4.78, 5) is 2.52. The highest BCUT2D eigenvalue weighted by Crippen LogP contribution is 2.33. The van der Waals surface area contributed by atoms with E-state index >= 15 is 0 Å². The highest BCUT2D eigenvalue weighted by atomic mass is 35.5. The third-order valence-electron chi connectivity index (χ3n) is 4.09. The van der Waals surface area contributed by atoms with Gasteiger partial charge >= 0.3 is 0 Å². The van der Waals surface area contributed by atoms with Gasteiger partial charge in [-0.05, 0) is 37.5 Å². The lowest BCUT2D eigenvalue weighted by molar-refractivity contribution is 0.0734. The summed E-state index contributed by atoms with van der Waals surface area (Å²) in [5.74, 6) is 1.43. The van der Waals surface area contributed by atoms with E-state index in [1.807, 2.05) is 0 Å². The van der Waals surface area contributed by atoms with Gasteiger partial charge in [-0.3, -0.25) is 4.90 Å². The highest BCUT2D eigenvalue weighted by Gasteiger charge is 2.37. The lowest BCUT2D eigenvalue weighted by Crippen LogP contribution is -2.52. The molecule has 1 nitrogen and oxygen atoms in total. The minimum atomic E-state index is 0.211. The maximum Gasteiger partial charge on any atom is 0.0525 e. The number of rotatable bonds is 3. The molecule has 0 amide bonds. The number of thiol groups is 1. The quantitative estimate of drug-likeness (QED) is 0.652. The second-order valence-electron chi connectivity index (χ2n) is 5.37. The van der Waals surface area contributed by atoms with Gasteiger partial charge in [-0.2, -0.15) is 12.6 Å². The van der Waals surface area contributed by atoms with E-state index < -0.39 is 0 Å². The fraction of sp³-hybridized carbons (Fsp3) is 0.600. The number of nitrogens with zero attached hydrogens (tertiary/aromatic N) is 1. The van der Waals surface area contributed by atoms with Crippen LogP contribution < -0.4 is 0 Å². The third-order valence-corrected chi connectivity index (χ3v) is 5.28. The molecule has 1 saturated heterocycles. The van der Waals surface area contributed by atoms with Crippen LogP contribution in [0.5, 0.6) is 0 Å². The van der Waals surface area contributed by atoms with Gasteiger partial charge in [-0.15, -0.1) is 11.6 Å². The van der Waals surface area contributed by atoms with Crippen LogP contribution in [-0.4, -0.2) is 28.1 Å². The first-order chi connectivity index (χ1) is 8.63. The molecule has 1 fully saturated rings. The van der Waals surface area contributed by atoms with Crippen molar-refractivity contribution in [1.29, 1.82) is 0 Å². The minimum absolute atomic E-state index is 0.211. The second kappa shape index (κ2) is 6.31. The Bertz CT molecular complexity index is 370. The lowest BCUT2D eigenvalue weighted by Gasteiger charge is -2.45. The first kappa shape index (κ1) is 14.2. The van der Waals surface area contributed by atoms with Crippen molar-refractivity contribution in [2.24, 2.45) is 5.92 Å². The number of likely N-dealkylation sites (tertiary alicyclic amines) is 1. The molecule has 0 aromatic heterocycles. The standard InChI is InChI=1S/C15H22ClNS/c1-11-8-14(10-18)15(16)12(2)17(11)9-13-6-4-3-5-7-13/h3-7,11-12,14-15,18H,8-10H2,1-2H3. The van der Waals surface area contributed by atoms with Crippen molar-refractivity contribution in [2.75, 3.05) is 5.75 Å². The molecule has 18 heavy (non-hydrogen) atoms. The second-order valence-corrected chi connectivity index (χ2v) is 6.24. The summed E-state index contributed by atoms with van der Waals surface area (Å²) in [6, 6.07) is 11.6. The van der Waals surface area contributed by atoms with Crippen LogP contribution in [0, 0.1) is 5.92 Å². The van der Waals surface area contributed by atoms with Gasteiger partial charge in [0.25, 0.3) is 0 Å². The predicted octanol–water partition coefficient (Wildman–Crippen LogP) is 3.82. The van der Waals surface area contributed by atoms with Crippen molar-refractivity contribution in [2.45, 2.75) is 44.3 Å². The molecule has 0 aliphatic carbocycles. The zero-order valence-electron chi connectivity index (χ0n) is 11.1. The predicted molar refractivity (Wildman–Crippen MR) is 82.5 cm³/mol. The van der Waals surface area contributed by atoms with E-state index in [2.05, 4.69) is 61.7 Å². The molecule has 1 aromatic carbocycles. The van der Waals surface area contributed by atoms with Gasteiger partial charge in [0.15, 0.2) is 0 Å². The van der Waals surface area contributed by atoms with Crippen LogP contribution in [0.1, 0.15) is 25.8 Å².